The number of nitrogens with one attached hydrogen (secondary N) is 1. The molecule has 184 valence electrons. The molecular weight excluding hydrogens is 479 g/mol. The zero-order valence-electron chi connectivity index (χ0n) is 17.0. The van der Waals surface area contributed by atoms with Gasteiger partial charge in [0.25, 0.3) is 0 Å². The average molecular weight is 495 g/mol. The lowest BCUT2D eigenvalue weighted by atomic mass is 10.2. The molecule has 3 aromatic rings. The molecule has 7 nitrogen and oxygen atoms in total. The molecule has 0 atom stereocenters. The topological polar surface area (TPSA) is 74.7 Å². The van der Waals surface area contributed by atoms with E-state index >= 15 is 0 Å². The first-order valence-corrected chi connectivity index (χ1v) is 9.50. The first-order valence-electron chi connectivity index (χ1n) is 9.50. The highest BCUT2D eigenvalue weighted by Crippen LogP contribution is 2.35. The van der Waals surface area contributed by atoms with Crippen molar-refractivity contribution in [1.29, 1.82) is 0 Å². The first-order chi connectivity index (χ1) is 16.2. The summed E-state index contributed by atoms with van der Waals surface area (Å²) in [6, 6.07) is 3.54. The van der Waals surface area contributed by atoms with Gasteiger partial charge in [0.05, 0.1) is 18.7 Å². The second-order valence-corrected chi connectivity index (χ2v) is 6.37. The molecule has 0 radical (unpaired) electrons. The second kappa shape index (κ2) is 11.7. The van der Waals surface area contributed by atoms with Crippen molar-refractivity contribution in [3.8, 4) is 11.5 Å². The van der Waals surface area contributed by atoms with Crippen molar-refractivity contribution in [1.82, 2.24) is 9.97 Å². The van der Waals surface area contributed by atoms with Gasteiger partial charge in [-0.15, -0.1) is 0 Å². The molecule has 0 aliphatic rings. The van der Waals surface area contributed by atoms with E-state index in [0.29, 0.717) is 12.1 Å². The van der Waals surface area contributed by atoms with Crippen molar-refractivity contribution in [2.75, 3.05) is 31.7 Å². The summed E-state index contributed by atoms with van der Waals surface area (Å²) in [4.78, 5) is 7.93. The van der Waals surface area contributed by atoms with Gasteiger partial charge in [0, 0.05) is 23.6 Å². The van der Waals surface area contributed by atoms with Crippen molar-refractivity contribution < 1.29 is 49.7 Å². The number of benzene rings is 2. The maximum atomic E-state index is 14.1. The molecule has 2 aromatic carbocycles. The number of alkyl halides is 4. The molecule has 0 saturated heterocycles. The number of fused-ring (bicyclic) bond motifs is 1. The van der Waals surface area contributed by atoms with E-state index in [9.17, 15) is 30.7 Å². The molecule has 0 fully saturated rings. The molecule has 3 rings (SSSR count). The maximum Gasteiger partial charge on any atom is 0.345 e. The molecule has 0 saturated carbocycles. The summed E-state index contributed by atoms with van der Waals surface area (Å²) in [6.45, 7) is -7.66. The maximum absolute atomic E-state index is 14.1. The van der Waals surface area contributed by atoms with Crippen LogP contribution in [0.15, 0.2) is 30.6 Å². The van der Waals surface area contributed by atoms with Gasteiger partial charge in [0.15, 0.2) is 23.1 Å². The fourth-order valence-corrected chi connectivity index (χ4v) is 2.75. The third-order valence-corrected chi connectivity index (χ3v) is 4.12. The fraction of sp³-hybridized carbons (Fsp3) is 0.300. The van der Waals surface area contributed by atoms with Crippen LogP contribution in [0, 0.1) is 17.5 Å². The number of halogens is 7. The van der Waals surface area contributed by atoms with Crippen LogP contribution in [-0.2, 0) is 9.47 Å². The molecule has 0 unspecified atom stereocenters. The van der Waals surface area contributed by atoms with E-state index in [2.05, 4.69) is 24.8 Å². The normalized spacial score (nSPS) is 11.4. The van der Waals surface area contributed by atoms with E-state index in [1.807, 2.05) is 0 Å². The van der Waals surface area contributed by atoms with Gasteiger partial charge >= 0.3 is 13.2 Å². The smallest absolute Gasteiger partial charge is 0.345 e. The fourth-order valence-electron chi connectivity index (χ4n) is 2.75. The van der Waals surface area contributed by atoms with Crippen molar-refractivity contribution in [3.63, 3.8) is 0 Å². The Morgan fingerprint density at radius 1 is 0.735 bits per heavy atom. The largest absolute Gasteiger partial charge is 0.487 e. The van der Waals surface area contributed by atoms with Crippen LogP contribution in [0.3, 0.4) is 0 Å². The summed E-state index contributed by atoms with van der Waals surface area (Å²) in [6.07, 6.45) is 1.06. The third kappa shape index (κ3) is 6.81. The van der Waals surface area contributed by atoms with Gasteiger partial charge in [0.1, 0.15) is 36.9 Å². The number of hydrogen-bond acceptors (Lipinski definition) is 7. The Labute approximate surface area is 187 Å². The molecule has 0 amide bonds. The van der Waals surface area contributed by atoms with E-state index in [4.69, 9.17) is 9.47 Å². The van der Waals surface area contributed by atoms with Crippen molar-refractivity contribution in [3.05, 3.63) is 48.0 Å². The highest BCUT2D eigenvalue weighted by atomic mass is 19.3. The summed E-state index contributed by atoms with van der Waals surface area (Å²) < 4.78 is 109. The molecule has 1 aromatic heterocycles. The summed E-state index contributed by atoms with van der Waals surface area (Å²) in [5.41, 5.74) is -0.500. The van der Waals surface area contributed by atoms with Crippen molar-refractivity contribution in [2.24, 2.45) is 0 Å². The van der Waals surface area contributed by atoms with Gasteiger partial charge in [-0.3, -0.25) is 0 Å². The molecule has 0 aliphatic carbocycles. The lowest BCUT2D eigenvalue weighted by Gasteiger charge is -2.16. The zero-order chi connectivity index (χ0) is 24.7. The van der Waals surface area contributed by atoms with E-state index in [1.165, 1.54) is 12.1 Å². The lowest BCUT2D eigenvalue weighted by Crippen LogP contribution is -2.12. The number of aromatic nitrogens is 2. The van der Waals surface area contributed by atoms with Crippen LogP contribution >= 0.6 is 0 Å². The Balaban J connectivity index is 1.91. The quantitative estimate of drug-likeness (QED) is 0.279. The highest BCUT2D eigenvalue weighted by molar-refractivity contribution is 5.93. The van der Waals surface area contributed by atoms with Crippen molar-refractivity contribution in [2.45, 2.75) is 13.2 Å². The number of ether oxygens (including phenoxy) is 4. The summed E-state index contributed by atoms with van der Waals surface area (Å²) in [5.74, 6) is -3.72. The Morgan fingerprint density at radius 3 is 1.85 bits per heavy atom. The Bertz CT molecular complexity index is 1100. The molecule has 0 spiro atoms. The number of anilines is 2. The van der Waals surface area contributed by atoms with E-state index in [0.717, 1.165) is 6.33 Å². The van der Waals surface area contributed by atoms with Gasteiger partial charge in [0.2, 0.25) is 0 Å². The van der Waals surface area contributed by atoms with E-state index in [-0.39, 0.29) is 41.4 Å². The van der Waals surface area contributed by atoms with Gasteiger partial charge in [-0.25, -0.2) is 23.1 Å². The van der Waals surface area contributed by atoms with Gasteiger partial charge < -0.3 is 24.3 Å². The van der Waals surface area contributed by atoms with E-state index in [1.54, 1.807) is 0 Å². The minimum absolute atomic E-state index is 0.00814. The molecule has 0 bridgehead atoms. The SMILES string of the molecule is Fc1cc(F)c(Nc2ncnc3cc(OCCOC(F)F)c(OCCOC(F)F)cc23)c(F)c1. The van der Waals surface area contributed by atoms with Gasteiger partial charge in [-0.2, -0.15) is 17.6 Å². The molecule has 34 heavy (non-hydrogen) atoms. The van der Waals surface area contributed by atoms with Gasteiger partial charge in [-0.1, -0.05) is 0 Å². The number of rotatable bonds is 12. The van der Waals surface area contributed by atoms with Crippen LogP contribution in [0.5, 0.6) is 11.5 Å². The van der Waals surface area contributed by atoms with Crippen LogP contribution < -0.4 is 14.8 Å². The summed E-state index contributed by atoms with van der Waals surface area (Å²) >= 11 is 0. The molecule has 0 aliphatic heterocycles. The third-order valence-electron chi connectivity index (χ3n) is 4.12. The molecule has 1 heterocycles. The lowest BCUT2D eigenvalue weighted by molar-refractivity contribution is -0.134. The number of nitrogens with zero attached hydrogens (tertiary/aromatic N) is 2. The molecule has 1 N–H and O–H groups in total. The predicted molar refractivity (Wildman–Crippen MR) is 104 cm³/mol. The van der Waals surface area contributed by atoms with Crippen LogP contribution in [0.4, 0.5) is 42.2 Å². The van der Waals surface area contributed by atoms with Crippen LogP contribution in [-0.4, -0.2) is 49.6 Å². The monoisotopic (exact) mass is 495 g/mol. The summed E-state index contributed by atoms with van der Waals surface area (Å²) in [5, 5.41) is 2.57. The minimum Gasteiger partial charge on any atom is -0.487 e. The first kappa shape index (κ1) is 25.2. The second-order valence-electron chi connectivity index (χ2n) is 6.37. The standard InChI is InChI=1S/C20H16F7N3O4/c21-10-5-12(22)17(13(23)6-10)30-18-11-7-15(31-1-3-33-19(24)25)16(8-14(11)28-9-29-18)32-2-4-34-20(26)27/h5-9,19-20H,1-4H2,(H,28,29,30). The van der Waals surface area contributed by atoms with Gasteiger partial charge in [-0.05, 0) is 6.07 Å². The molecular formula is C20H16F7N3O4. The molecule has 14 heteroatoms. The van der Waals surface area contributed by atoms with Crippen molar-refractivity contribution >= 4 is 22.4 Å². The average Bonchev–Trinajstić information content (AvgIpc) is 2.76. The Kier molecular flexibility index (Phi) is 8.65. The summed E-state index contributed by atoms with van der Waals surface area (Å²) in [7, 11) is 0. The zero-order valence-corrected chi connectivity index (χ0v) is 17.0. The van der Waals surface area contributed by atoms with Crippen LogP contribution in [0.25, 0.3) is 10.9 Å². The Hall–Kier alpha value is -3.39. The predicted octanol–water partition coefficient (Wildman–Crippen LogP) is 5.03. The van der Waals surface area contributed by atoms with Crippen LogP contribution in [0.1, 0.15) is 0 Å². The minimum atomic E-state index is -3.02. The van der Waals surface area contributed by atoms with E-state index < -0.39 is 49.6 Å². The Morgan fingerprint density at radius 2 is 1.29 bits per heavy atom. The highest BCUT2D eigenvalue weighted by Gasteiger charge is 2.17. The number of hydrogen-bond donors (Lipinski definition) is 1. The van der Waals surface area contributed by atoms with Crippen LogP contribution in [0.2, 0.25) is 0 Å².